The summed E-state index contributed by atoms with van der Waals surface area (Å²) in [6.07, 6.45) is 0. The molecule has 0 atom stereocenters. The Labute approximate surface area is 133 Å². The number of nitrogens with two attached hydrogens (primary N) is 1. The van der Waals surface area contributed by atoms with Crippen LogP contribution in [0.5, 0.6) is 0 Å². The molecule has 0 amide bonds. The first kappa shape index (κ1) is 15.5. The fourth-order valence-corrected chi connectivity index (χ4v) is 4.23. The van der Waals surface area contributed by atoms with Gasteiger partial charge in [-0.05, 0) is 41.1 Å². The molecule has 0 unspecified atom stereocenters. The third-order valence-corrected chi connectivity index (χ3v) is 5.15. The minimum absolute atomic E-state index is 0.0766. The van der Waals surface area contributed by atoms with Crippen molar-refractivity contribution in [3.05, 3.63) is 38.4 Å². The number of H-pyrrole nitrogens is 1. The Morgan fingerprint density at radius 2 is 2.10 bits per heavy atom. The van der Waals surface area contributed by atoms with Crippen LogP contribution in [0.2, 0.25) is 0 Å². The van der Waals surface area contributed by atoms with Gasteiger partial charge in [0.25, 0.3) is 10.0 Å². The second-order valence-corrected chi connectivity index (χ2v) is 7.43. The van der Waals surface area contributed by atoms with Crippen LogP contribution >= 0.6 is 31.9 Å². The van der Waals surface area contributed by atoms with Gasteiger partial charge in [0.05, 0.1) is 5.69 Å². The molecule has 0 radical (unpaired) electrons. The molecule has 0 saturated heterocycles. The van der Waals surface area contributed by atoms with Crippen molar-refractivity contribution in [3.63, 3.8) is 0 Å². The minimum atomic E-state index is -3.79. The Hall–Kier alpha value is -0.900. The van der Waals surface area contributed by atoms with Gasteiger partial charge >= 0.3 is 0 Å². The Balaban J connectivity index is 2.41. The zero-order valence-corrected chi connectivity index (χ0v) is 14.4. The molecule has 0 aliphatic rings. The van der Waals surface area contributed by atoms with E-state index in [1.165, 1.54) is 0 Å². The summed E-state index contributed by atoms with van der Waals surface area (Å²) in [5.41, 5.74) is 7.11. The summed E-state index contributed by atoms with van der Waals surface area (Å²) >= 11 is 6.61. The highest BCUT2D eigenvalue weighted by Gasteiger charge is 2.23. The van der Waals surface area contributed by atoms with Crippen LogP contribution in [-0.4, -0.2) is 18.6 Å². The molecule has 0 spiro atoms. The van der Waals surface area contributed by atoms with Crippen molar-refractivity contribution >= 4 is 47.6 Å². The van der Waals surface area contributed by atoms with E-state index in [1.807, 2.05) is 0 Å². The van der Waals surface area contributed by atoms with Crippen molar-refractivity contribution in [1.82, 2.24) is 10.2 Å². The van der Waals surface area contributed by atoms with E-state index in [0.717, 1.165) is 4.47 Å². The summed E-state index contributed by atoms with van der Waals surface area (Å²) in [6.45, 7) is 1.82. The van der Waals surface area contributed by atoms with Crippen LogP contribution in [0.1, 0.15) is 11.3 Å². The third kappa shape index (κ3) is 3.05. The van der Waals surface area contributed by atoms with Gasteiger partial charge in [0, 0.05) is 26.7 Å². The van der Waals surface area contributed by atoms with Gasteiger partial charge in [0.15, 0.2) is 0 Å². The van der Waals surface area contributed by atoms with E-state index in [9.17, 15) is 8.42 Å². The highest BCUT2D eigenvalue weighted by molar-refractivity contribution is 9.11. The molecule has 20 heavy (non-hydrogen) atoms. The van der Waals surface area contributed by atoms with Gasteiger partial charge in [-0.2, -0.15) is 13.5 Å². The predicted octanol–water partition coefficient (Wildman–Crippen LogP) is 2.50. The molecule has 0 aliphatic carbocycles. The number of hydrogen-bond donors (Lipinski definition) is 3. The number of benzene rings is 1. The maximum absolute atomic E-state index is 12.4. The van der Waals surface area contributed by atoms with E-state index in [-0.39, 0.29) is 11.6 Å². The van der Waals surface area contributed by atoms with E-state index in [2.05, 4.69) is 46.8 Å². The van der Waals surface area contributed by atoms with Crippen LogP contribution in [0, 0.1) is 6.92 Å². The highest BCUT2D eigenvalue weighted by atomic mass is 79.9. The number of nitrogens with zero attached hydrogens (tertiary/aromatic N) is 1. The van der Waals surface area contributed by atoms with Gasteiger partial charge in [-0.25, -0.2) is 0 Å². The fourth-order valence-electron chi connectivity index (χ4n) is 1.66. The lowest BCUT2D eigenvalue weighted by Crippen LogP contribution is -2.16. The molecule has 9 heteroatoms. The van der Waals surface area contributed by atoms with Gasteiger partial charge < -0.3 is 5.73 Å². The van der Waals surface area contributed by atoms with Gasteiger partial charge in [0.2, 0.25) is 5.03 Å². The fraction of sp³-hybridized carbons (Fsp3) is 0.182. The molecule has 2 aromatic rings. The van der Waals surface area contributed by atoms with E-state index in [4.69, 9.17) is 5.73 Å². The second-order valence-electron chi connectivity index (χ2n) is 4.07. The maximum Gasteiger partial charge on any atom is 0.281 e. The summed E-state index contributed by atoms with van der Waals surface area (Å²) in [5, 5.41) is 6.38. The van der Waals surface area contributed by atoms with Crippen LogP contribution in [0.4, 0.5) is 5.69 Å². The monoisotopic (exact) mass is 422 g/mol. The van der Waals surface area contributed by atoms with Gasteiger partial charge in [-0.3, -0.25) is 9.82 Å². The molecular weight excluding hydrogens is 412 g/mol. The van der Waals surface area contributed by atoms with E-state index in [1.54, 1.807) is 25.1 Å². The van der Waals surface area contributed by atoms with E-state index >= 15 is 0 Å². The second kappa shape index (κ2) is 5.84. The zero-order chi connectivity index (χ0) is 14.9. The SMILES string of the molecule is Cc1[nH]nc(S(=O)(=O)Nc2ccc(Br)cc2Br)c1CN. The lowest BCUT2D eigenvalue weighted by atomic mass is 10.3. The highest BCUT2D eigenvalue weighted by Crippen LogP contribution is 2.28. The number of aromatic amines is 1. The number of aryl methyl sites for hydroxylation is 1. The first-order valence-corrected chi connectivity index (χ1v) is 8.64. The Morgan fingerprint density at radius 1 is 1.40 bits per heavy atom. The molecule has 0 bridgehead atoms. The van der Waals surface area contributed by atoms with Crippen molar-refractivity contribution in [1.29, 1.82) is 0 Å². The van der Waals surface area contributed by atoms with Crippen molar-refractivity contribution in [2.24, 2.45) is 5.73 Å². The number of halogens is 2. The molecule has 1 aromatic heterocycles. The number of sulfonamides is 1. The smallest absolute Gasteiger partial charge is 0.281 e. The molecule has 2 rings (SSSR count). The Kier molecular flexibility index (Phi) is 4.52. The van der Waals surface area contributed by atoms with Crippen molar-refractivity contribution < 1.29 is 8.42 Å². The molecule has 4 N–H and O–H groups in total. The molecule has 6 nitrogen and oxygen atoms in total. The van der Waals surface area contributed by atoms with Crippen molar-refractivity contribution in [2.45, 2.75) is 18.5 Å². The van der Waals surface area contributed by atoms with Gasteiger partial charge in [-0.15, -0.1) is 0 Å². The lowest BCUT2D eigenvalue weighted by Gasteiger charge is -2.09. The standard InChI is InChI=1S/C11H12Br2N4O2S/c1-6-8(5-14)11(16-15-6)20(18,19)17-10-3-2-7(12)4-9(10)13/h2-4,17H,5,14H2,1H3,(H,15,16). The summed E-state index contributed by atoms with van der Waals surface area (Å²) in [6, 6.07) is 5.13. The number of nitrogens with one attached hydrogen (secondary N) is 2. The zero-order valence-electron chi connectivity index (χ0n) is 10.4. The van der Waals surface area contributed by atoms with Gasteiger partial charge in [0.1, 0.15) is 0 Å². The normalized spacial score (nSPS) is 11.6. The molecular formula is C11H12Br2N4O2S. The average Bonchev–Trinajstić information content (AvgIpc) is 2.74. The number of anilines is 1. The largest absolute Gasteiger partial charge is 0.326 e. The van der Waals surface area contributed by atoms with Crippen LogP contribution < -0.4 is 10.5 Å². The summed E-state index contributed by atoms with van der Waals surface area (Å²) in [5.74, 6) is 0. The van der Waals surface area contributed by atoms with Crippen LogP contribution in [0.3, 0.4) is 0 Å². The molecule has 1 heterocycles. The first-order chi connectivity index (χ1) is 9.35. The van der Waals surface area contributed by atoms with Crippen LogP contribution in [0.25, 0.3) is 0 Å². The summed E-state index contributed by atoms with van der Waals surface area (Å²) < 4.78 is 28.6. The number of rotatable bonds is 4. The average molecular weight is 424 g/mol. The maximum atomic E-state index is 12.4. The summed E-state index contributed by atoms with van der Waals surface area (Å²) in [7, 11) is -3.79. The van der Waals surface area contributed by atoms with Crippen LogP contribution in [0.15, 0.2) is 32.2 Å². The number of aromatic nitrogens is 2. The van der Waals surface area contributed by atoms with E-state index < -0.39 is 10.0 Å². The molecule has 1 aromatic carbocycles. The Morgan fingerprint density at radius 3 is 2.70 bits per heavy atom. The van der Waals surface area contributed by atoms with Crippen LogP contribution in [-0.2, 0) is 16.6 Å². The minimum Gasteiger partial charge on any atom is -0.326 e. The molecule has 0 aliphatic heterocycles. The van der Waals surface area contributed by atoms with Gasteiger partial charge in [-0.1, -0.05) is 15.9 Å². The molecule has 0 saturated carbocycles. The Bertz CT molecular complexity index is 743. The van der Waals surface area contributed by atoms with E-state index in [0.29, 0.717) is 21.4 Å². The molecule has 108 valence electrons. The predicted molar refractivity (Wildman–Crippen MR) is 83.9 cm³/mol. The first-order valence-electron chi connectivity index (χ1n) is 5.57. The van der Waals surface area contributed by atoms with Crippen molar-refractivity contribution in [2.75, 3.05) is 4.72 Å². The number of hydrogen-bond acceptors (Lipinski definition) is 4. The third-order valence-electron chi connectivity index (χ3n) is 2.67. The molecule has 0 fully saturated rings. The van der Waals surface area contributed by atoms with Crippen molar-refractivity contribution in [3.8, 4) is 0 Å². The topological polar surface area (TPSA) is 101 Å². The lowest BCUT2D eigenvalue weighted by molar-refractivity contribution is 0.596. The quantitative estimate of drug-likeness (QED) is 0.703. The summed E-state index contributed by atoms with van der Waals surface area (Å²) in [4.78, 5) is 0.